The Kier molecular flexibility index (Phi) is 3.63. The van der Waals surface area contributed by atoms with Crippen LogP contribution in [0.15, 0.2) is 18.2 Å². The van der Waals surface area contributed by atoms with Crippen LogP contribution >= 0.6 is 0 Å². The van der Waals surface area contributed by atoms with E-state index in [0.717, 1.165) is 42.2 Å². The van der Waals surface area contributed by atoms with Gasteiger partial charge in [-0.2, -0.15) is 0 Å². The number of ether oxygens (including phenoxy) is 1. The molecular weight excluding hydrogens is 266 g/mol. The molecule has 1 saturated carbocycles. The molecule has 21 heavy (non-hydrogen) atoms. The van der Waals surface area contributed by atoms with Crippen molar-refractivity contribution in [3.8, 4) is 11.4 Å². The van der Waals surface area contributed by atoms with Crippen molar-refractivity contribution < 1.29 is 4.74 Å². The van der Waals surface area contributed by atoms with Crippen molar-refractivity contribution in [2.45, 2.75) is 32.7 Å². The first kappa shape index (κ1) is 14.0. The molecule has 0 spiro atoms. The van der Waals surface area contributed by atoms with E-state index in [1.54, 1.807) is 7.11 Å². The summed E-state index contributed by atoms with van der Waals surface area (Å²) >= 11 is 0. The molecule has 1 fully saturated rings. The van der Waals surface area contributed by atoms with Crippen molar-refractivity contribution in [3.05, 3.63) is 23.8 Å². The molecule has 1 aliphatic carbocycles. The van der Waals surface area contributed by atoms with Crippen LogP contribution in [0, 0.1) is 12.3 Å². The molecule has 0 saturated heterocycles. The van der Waals surface area contributed by atoms with Crippen molar-refractivity contribution >= 4 is 5.69 Å². The van der Waals surface area contributed by atoms with Crippen LogP contribution in [-0.2, 0) is 11.3 Å². The van der Waals surface area contributed by atoms with E-state index in [-0.39, 0.29) is 0 Å². The SMILES string of the molecule is COCCC1(Cn2nnnc2-c2ccc(N)cc2C)CC1. The summed E-state index contributed by atoms with van der Waals surface area (Å²) in [6, 6.07) is 5.83. The van der Waals surface area contributed by atoms with Crippen LogP contribution in [0.2, 0.25) is 0 Å². The van der Waals surface area contributed by atoms with Crippen molar-refractivity contribution in [1.82, 2.24) is 20.2 Å². The summed E-state index contributed by atoms with van der Waals surface area (Å²) in [5, 5.41) is 12.2. The van der Waals surface area contributed by atoms with Crippen LogP contribution in [0.4, 0.5) is 5.69 Å². The lowest BCUT2D eigenvalue weighted by atomic mass is 10.0. The average Bonchev–Trinajstić information content (AvgIpc) is 3.07. The number of hydrogen-bond acceptors (Lipinski definition) is 5. The molecule has 112 valence electrons. The zero-order valence-corrected chi connectivity index (χ0v) is 12.5. The van der Waals surface area contributed by atoms with Crippen molar-refractivity contribution in [3.63, 3.8) is 0 Å². The minimum Gasteiger partial charge on any atom is -0.399 e. The van der Waals surface area contributed by atoms with E-state index in [2.05, 4.69) is 15.5 Å². The number of anilines is 1. The minimum atomic E-state index is 0.307. The molecule has 0 bridgehead atoms. The smallest absolute Gasteiger partial charge is 0.182 e. The van der Waals surface area contributed by atoms with Gasteiger partial charge >= 0.3 is 0 Å². The molecule has 0 aliphatic heterocycles. The van der Waals surface area contributed by atoms with Gasteiger partial charge in [0.15, 0.2) is 5.82 Å². The highest BCUT2D eigenvalue weighted by Crippen LogP contribution is 2.50. The predicted molar refractivity (Wildman–Crippen MR) is 80.6 cm³/mol. The van der Waals surface area contributed by atoms with Crippen molar-refractivity contribution in [1.29, 1.82) is 0 Å². The second-order valence-electron chi connectivity index (χ2n) is 5.98. The molecule has 1 heterocycles. The fraction of sp³-hybridized carbons (Fsp3) is 0.533. The Morgan fingerprint density at radius 3 is 2.86 bits per heavy atom. The number of rotatable bonds is 6. The molecule has 0 amide bonds. The lowest BCUT2D eigenvalue weighted by molar-refractivity contribution is 0.165. The van der Waals surface area contributed by atoms with Gasteiger partial charge in [-0.1, -0.05) is 0 Å². The lowest BCUT2D eigenvalue weighted by Crippen LogP contribution is -2.16. The maximum atomic E-state index is 5.81. The highest BCUT2D eigenvalue weighted by molar-refractivity contribution is 5.63. The maximum absolute atomic E-state index is 5.81. The third-order valence-corrected chi connectivity index (χ3v) is 4.30. The van der Waals surface area contributed by atoms with Crippen LogP contribution in [0.5, 0.6) is 0 Å². The highest BCUT2D eigenvalue weighted by atomic mass is 16.5. The van der Waals surface area contributed by atoms with E-state index in [9.17, 15) is 0 Å². The Bertz CT molecular complexity index is 633. The van der Waals surface area contributed by atoms with Gasteiger partial charge < -0.3 is 10.5 Å². The first-order valence-corrected chi connectivity index (χ1v) is 7.25. The summed E-state index contributed by atoms with van der Waals surface area (Å²) in [4.78, 5) is 0. The second-order valence-corrected chi connectivity index (χ2v) is 5.98. The highest BCUT2D eigenvalue weighted by Gasteiger charge is 2.43. The first-order valence-electron chi connectivity index (χ1n) is 7.25. The van der Waals surface area contributed by atoms with E-state index in [4.69, 9.17) is 10.5 Å². The van der Waals surface area contributed by atoms with Crippen LogP contribution in [0.25, 0.3) is 11.4 Å². The van der Waals surface area contributed by atoms with Gasteiger partial charge in [-0.15, -0.1) is 5.10 Å². The molecule has 6 nitrogen and oxygen atoms in total. The Morgan fingerprint density at radius 2 is 2.19 bits per heavy atom. The van der Waals surface area contributed by atoms with E-state index in [1.807, 2.05) is 29.8 Å². The molecule has 3 rings (SSSR count). The number of methoxy groups -OCH3 is 1. The number of tetrazole rings is 1. The lowest BCUT2D eigenvalue weighted by Gasteiger charge is -2.15. The molecule has 1 aromatic heterocycles. The molecule has 0 unspecified atom stereocenters. The first-order chi connectivity index (χ1) is 10.1. The number of hydrogen-bond donors (Lipinski definition) is 1. The van der Waals surface area contributed by atoms with Crippen molar-refractivity contribution in [2.75, 3.05) is 19.5 Å². The Hall–Kier alpha value is -1.95. The molecule has 0 radical (unpaired) electrons. The average molecular weight is 287 g/mol. The summed E-state index contributed by atoms with van der Waals surface area (Å²) in [7, 11) is 1.75. The Morgan fingerprint density at radius 1 is 1.38 bits per heavy atom. The fourth-order valence-corrected chi connectivity index (χ4v) is 2.74. The zero-order chi connectivity index (χ0) is 14.9. The van der Waals surface area contributed by atoms with Crippen LogP contribution < -0.4 is 5.73 Å². The largest absolute Gasteiger partial charge is 0.399 e. The number of aryl methyl sites for hydroxylation is 1. The molecular formula is C15H21N5O. The second kappa shape index (κ2) is 5.44. The van der Waals surface area contributed by atoms with Gasteiger partial charge in [-0.3, -0.25) is 0 Å². The number of nitrogens with zero attached hydrogens (tertiary/aromatic N) is 4. The van der Waals surface area contributed by atoms with Gasteiger partial charge in [0.05, 0.1) is 6.54 Å². The summed E-state index contributed by atoms with van der Waals surface area (Å²) in [6.45, 7) is 3.67. The number of benzene rings is 1. The van der Waals surface area contributed by atoms with E-state index >= 15 is 0 Å². The fourth-order valence-electron chi connectivity index (χ4n) is 2.74. The van der Waals surface area contributed by atoms with Gasteiger partial charge in [-0.05, 0) is 65.8 Å². The zero-order valence-electron chi connectivity index (χ0n) is 12.5. The summed E-state index contributed by atoms with van der Waals surface area (Å²) in [6.07, 6.45) is 3.50. The van der Waals surface area contributed by atoms with Gasteiger partial charge in [-0.25, -0.2) is 4.68 Å². The third kappa shape index (κ3) is 2.90. The van der Waals surface area contributed by atoms with Crippen LogP contribution in [0.1, 0.15) is 24.8 Å². The number of nitrogens with two attached hydrogens (primary N) is 1. The molecule has 6 heteroatoms. The molecule has 0 atom stereocenters. The van der Waals surface area contributed by atoms with Crippen LogP contribution in [-0.4, -0.2) is 33.9 Å². The molecule has 2 aromatic rings. The van der Waals surface area contributed by atoms with E-state index in [1.165, 1.54) is 12.8 Å². The summed E-state index contributed by atoms with van der Waals surface area (Å²) < 4.78 is 7.13. The summed E-state index contributed by atoms with van der Waals surface area (Å²) in [5.41, 5.74) is 9.01. The van der Waals surface area contributed by atoms with E-state index < -0.39 is 0 Å². The Labute approximate surface area is 124 Å². The van der Waals surface area contributed by atoms with Gasteiger partial charge in [0.25, 0.3) is 0 Å². The monoisotopic (exact) mass is 287 g/mol. The molecule has 1 aromatic carbocycles. The van der Waals surface area contributed by atoms with Gasteiger partial charge in [0, 0.05) is 25.0 Å². The van der Waals surface area contributed by atoms with E-state index in [0.29, 0.717) is 5.41 Å². The van der Waals surface area contributed by atoms with Crippen molar-refractivity contribution in [2.24, 2.45) is 5.41 Å². The number of nitrogen functional groups attached to an aromatic ring is 1. The maximum Gasteiger partial charge on any atom is 0.182 e. The molecule has 2 N–H and O–H groups in total. The van der Waals surface area contributed by atoms with Gasteiger partial charge in [0.2, 0.25) is 0 Å². The normalized spacial score (nSPS) is 16.1. The number of aromatic nitrogens is 4. The summed E-state index contributed by atoms with van der Waals surface area (Å²) in [5.74, 6) is 0.816. The predicted octanol–water partition coefficient (Wildman–Crippen LogP) is 2.05. The topological polar surface area (TPSA) is 78.8 Å². The minimum absolute atomic E-state index is 0.307. The van der Waals surface area contributed by atoms with Crippen LogP contribution in [0.3, 0.4) is 0 Å². The standard InChI is InChI=1S/C15H21N5O/c1-11-9-12(16)3-4-13(11)14-17-18-19-20(14)10-15(5-6-15)7-8-21-2/h3-4,9H,5-8,10,16H2,1-2H3. The molecule has 1 aliphatic rings. The van der Waals surface area contributed by atoms with Gasteiger partial charge in [0.1, 0.15) is 0 Å². The third-order valence-electron chi connectivity index (χ3n) is 4.30. The Balaban J connectivity index is 1.84. The quantitative estimate of drug-likeness (QED) is 0.823.